The van der Waals surface area contributed by atoms with E-state index in [0.29, 0.717) is 18.0 Å². The predicted molar refractivity (Wildman–Crippen MR) is 80.1 cm³/mol. The van der Waals surface area contributed by atoms with E-state index < -0.39 is 0 Å². The summed E-state index contributed by atoms with van der Waals surface area (Å²) >= 11 is 0. The second-order valence-corrected chi connectivity index (χ2v) is 5.39. The molecule has 102 valence electrons. The summed E-state index contributed by atoms with van der Waals surface area (Å²) in [6.07, 6.45) is 1.18. The Morgan fingerprint density at radius 1 is 0.944 bits per heavy atom. The van der Waals surface area contributed by atoms with Crippen LogP contribution >= 0.6 is 0 Å². The molecule has 1 aromatic carbocycles. The molecule has 0 aromatic heterocycles. The summed E-state index contributed by atoms with van der Waals surface area (Å²) in [5.74, 6) is 0.618. The Bertz CT molecular complexity index is 308. The van der Waals surface area contributed by atoms with Crippen molar-refractivity contribution in [2.75, 3.05) is 13.1 Å². The van der Waals surface area contributed by atoms with E-state index in [1.165, 1.54) is 12.0 Å². The largest absolute Gasteiger partial charge is 0.313 e. The van der Waals surface area contributed by atoms with Crippen molar-refractivity contribution in [2.45, 2.75) is 52.1 Å². The van der Waals surface area contributed by atoms with Gasteiger partial charge in [0.25, 0.3) is 0 Å². The van der Waals surface area contributed by atoms with Gasteiger partial charge in [0.05, 0.1) is 0 Å². The molecule has 2 nitrogen and oxygen atoms in total. The average molecular weight is 248 g/mol. The highest BCUT2D eigenvalue weighted by Crippen LogP contribution is 2.17. The molecule has 18 heavy (non-hydrogen) atoms. The van der Waals surface area contributed by atoms with Crippen LogP contribution in [0.15, 0.2) is 30.3 Å². The predicted octanol–water partition coefficient (Wildman–Crippen LogP) is 3.16. The smallest absolute Gasteiger partial charge is 0.0164 e. The average Bonchev–Trinajstić information content (AvgIpc) is 2.38. The second kappa shape index (κ2) is 8.28. The highest BCUT2D eigenvalue weighted by molar-refractivity contribution is 5.19. The Labute approximate surface area is 112 Å². The van der Waals surface area contributed by atoms with Crippen molar-refractivity contribution in [2.24, 2.45) is 0 Å². The molecule has 1 aromatic rings. The maximum atomic E-state index is 3.62. The number of benzene rings is 1. The van der Waals surface area contributed by atoms with Crippen molar-refractivity contribution in [1.29, 1.82) is 0 Å². The molecule has 0 aliphatic rings. The molecule has 0 amide bonds. The van der Waals surface area contributed by atoms with E-state index in [0.717, 1.165) is 13.1 Å². The van der Waals surface area contributed by atoms with Crippen LogP contribution in [-0.4, -0.2) is 25.2 Å². The molecule has 2 N–H and O–H groups in total. The molecular formula is C16H28N2. The Hall–Kier alpha value is -0.860. The Kier molecular flexibility index (Phi) is 6.99. The van der Waals surface area contributed by atoms with E-state index >= 15 is 0 Å². The fraction of sp³-hybridized carbons (Fsp3) is 0.625. The van der Waals surface area contributed by atoms with Crippen LogP contribution in [0.25, 0.3) is 0 Å². The van der Waals surface area contributed by atoms with Crippen LogP contribution in [-0.2, 0) is 0 Å². The molecule has 2 atom stereocenters. The van der Waals surface area contributed by atoms with Crippen molar-refractivity contribution < 1.29 is 0 Å². The fourth-order valence-electron chi connectivity index (χ4n) is 2.05. The lowest BCUT2D eigenvalue weighted by Gasteiger charge is -2.21. The van der Waals surface area contributed by atoms with Gasteiger partial charge in [-0.1, -0.05) is 51.1 Å². The van der Waals surface area contributed by atoms with Gasteiger partial charge in [-0.05, 0) is 24.8 Å². The first-order valence-corrected chi connectivity index (χ1v) is 7.15. The number of hydrogen-bond donors (Lipinski definition) is 2. The number of rotatable bonds is 8. The summed E-state index contributed by atoms with van der Waals surface area (Å²) in [5.41, 5.74) is 1.44. The quantitative estimate of drug-likeness (QED) is 0.738. The van der Waals surface area contributed by atoms with Gasteiger partial charge in [0.15, 0.2) is 0 Å². The molecule has 0 aliphatic heterocycles. The Balaban J connectivity index is 2.36. The molecular weight excluding hydrogens is 220 g/mol. The molecule has 1 rings (SSSR count). The van der Waals surface area contributed by atoms with E-state index in [1.807, 2.05) is 0 Å². The van der Waals surface area contributed by atoms with Gasteiger partial charge in [0, 0.05) is 25.2 Å². The standard InChI is InChI=1S/C16H28N2/c1-5-15(16-9-7-6-8-10-16)12-18-14(4)11-17-13(2)3/h6-10,13-15,17-18H,5,11-12H2,1-4H3. The maximum Gasteiger partial charge on any atom is 0.0164 e. The minimum absolute atomic E-state index is 0.519. The molecule has 0 radical (unpaired) electrons. The zero-order chi connectivity index (χ0) is 13.4. The third-order valence-electron chi connectivity index (χ3n) is 3.31. The fourth-order valence-corrected chi connectivity index (χ4v) is 2.05. The number of hydrogen-bond acceptors (Lipinski definition) is 2. The first-order valence-electron chi connectivity index (χ1n) is 7.15. The van der Waals surface area contributed by atoms with Gasteiger partial charge in [0.2, 0.25) is 0 Å². The van der Waals surface area contributed by atoms with Crippen LogP contribution in [0.4, 0.5) is 0 Å². The van der Waals surface area contributed by atoms with Gasteiger partial charge in [-0.3, -0.25) is 0 Å². The van der Waals surface area contributed by atoms with Gasteiger partial charge >= 0.3 is 0 Å². The highest BCUT2D eigenvalue weighted by Gasteiger charge is 2.10. The highest BCUT2D eigenvalue weighted by atomic mass is 15.0. The molecule has 0 saturated carbocycles. The summed E-state index contributed by atoms with van der Waals surface area (Å²) in [6.45, 7) is 11.0. The normalized spacial score (nSPS) is 14.7. The zero-order valence-corrected chi connectivity index (χ0v) is 12.2. The van der Waals surface area contributed by atoms with Crippen LogP contribution in [0, 0.1) is 0 Å². The zero-order valence-electron chi connectivity index (χ0n) is 12.2. The van der Waals surface area contributed by atoms with E-state index in [4.69, 9.17) is 0 Å². The second-order valence-electron chi connectivity index (χ2n) is 5.39. The maximum absolute atomic E-state index is 3.62. The van der Waals surface area contributed by atoms with Gasteiger partial charge in [-0.2, -0.15) is 0 Å². The summed E-state index contributed by atoms with van der Waals surface area (Å²) in [4.78, 5) is 0. The van der Waals surface area contributed by atoms with Crippen molar-refractivity contribution in [1.82, 2.24) is 10.6 Å². The van der Waals surface area contributed by atoms with Crippen molar-refractivity contribution in [3.63, 3.8) is 0 Å². The lowest BCUT2D eigenvalue weighted by Crippen LogP contribution is -2.40. The summed E-state index contributed by atoms with van der Waals surface area (Å²) in [5, 5.41) is 7.09. The molecule has 0 bridgehead atoms. The lowest BCUT2D eigenvalue weighted by atomic mass is 9.96. The molecule has 0 fully saturated rings. The third kappa shape index (κ3) is 5.65. The summed E-state index contributed by atoms with van der Waals surface area (Å²) in [6, 6.07) is 11.9. The first-order chi connectivity index (χ1) is 8.63. The van der Waals surface area contributed by atoms with Gasteiger partial charge in [-0.25, -0.2) is 0 Å². The topological polar surface area (TPSA) is 24.1 Å². The minimum atomic E-state index is 0.519. The van der Waals surface area contributed by atoms with Crippen LogP contribution in [0.1, 0.15) is 45.6 Å². The summed E-state index contributed by atoms with van der Waals surface area (Å²) in [7, 11) is 0. The third-order valence-corrected chi connectivity index (χ3v) is 3.31. The Morgan fingerprint density at radius 2 is 1.61 bits per heavy atom. The first kappa shape index (κ1) is 15.2. The number of nitrogens with one attached hydrogen (secondary N) is 2. The van der Waals surface area contributed by atoms with Gasteiger partial charge < -0.3 is 10.6 Å². The van der Waals surface area contributed by atoms with Crippen LogP contribution in [0.2, 0.25) is 0 Å². The van der Waals surface area contributed by atoms with Gasteiger partial charge in [-0.15, -0.1) is 0 Å². The van der Waals surface area contributed by atoms with Crippen molar-refractivity contribution in [3.8, 4) is 0 Å². The van der Waals surface area contributed by atoms with E-state index in [2.05, 4.69) is 68.7 Å². The Morgan fingerprint density at radius 3 is 2.17 bits per heavy atom. The van der Waals surface area contributed by atoms with Crippen molar-refractivity contribution >= 4 is 0 Å². The van der Waals surface area contributed by atoms with Crippen LogP contribution < -0.4 is 10.6 Å². The molecule has 0 saturated heterocycles. The molecule has 2 heteroatoms. The van der Waals surface area contributed by atoms with E-state index in [9.17, 15) is 0 Å². The van der Waals surface area contributed by atoms with E-state index in [1.54, 1.807) is 0 Å². The summed E-state index contributed by atoms with van der Waals surface area (Å²) < 4.78 is 0. The molecule has 0 spiro atoms. The van der Waals surface area contributed by atoms with E-state index in [-0.39, 0.29) is 0 Å². The lowest BCUT2D eigenvalue weighted by molar-refractivity contribution is 0.452. The minimum Gasteiger partial charge on any atom is -0.313 e. The van der Waals surface area contributed by atoms with Crippen molar-refractivity contribution in [3.05, 3.63) is 35.9 Å². The van der Waals surface area contributed by atoms with Gasteiger partial charge in [0.1, 0.15) is 0 Å². The van der Waals surface area contributed by atoms with Crippen LogP contribution in [0.5, 0.6) is 0 Å². The molecule has 0 heterocycles. The van der Waals surface area contributed by atoms with Crippen LogP contribution in [0.3, 0.4) is 0 Å². The molecule has 2 unspecified atom stereocenters. The monoisotopic (exact) mass is 248 g/mol. The SMILES string of the molecule is CCC(CNC(C)CNC(C)C)c1ccccc1. The molecule has 0 aliphatic carbocycles.